The Labute approximate surface area is 127 Å². The van der Waals surface area contributed by atoms with Gasteiger partial charge in [-0.1, -0.05) is 18.5 Å². The number of hydrogen-bond donors (Lipinski definition) is 1. The van der Waals surface area contributed by atoms with Gasteiger partial charge in [-0.05, 0) is 54.2 Å². The average molecular weight is 352 g/mol. The van der Waals surface area contributed by atoms with Gasteiger partial charge >= 0.3 is 0 Å². The predicted molar refractivity (Wildman–Crippen MR) is 83.4 cm³/mol. The van der Waals surface area contributed by atoms with Gasteiger partial charge in [-0.15, -0.1) is 11.3 Å². The van der Waals surface area contributed by atoms with Crippen molar-refractivity contribution in [2.45, 2.75) is 38.8 Å². The van der Waals surface area contributed by atoms with Crippen LogP contribution in [0.25, 0.3) is 0 Å². The number of nitrogens with two attached hydrogens (primary N) is 1. The molecule has 0 spiro atoms. The molecule has 5 heteroatoms. The summed E-state index contributed by atoms with van der Waals surface area (Å²) in [6.07, 6.45) is 2.59. The topological polar surface area (TPSA) is 29.3 Å². The fourth-order valence-electron chi connectivity index (χ4n) is 2.75. The van der Waals surface area contributed by atoms with Crippen molar-refractivity contribution in [2.24, 2.45) is 11.7 Å². The Morgan fingerprint density at radius 2 is 2.33 bits per heavy atom. The molecule has 3 unspecified atom stereocenters. The highest BCUT2D eigenvalue weighted by Gasteiger charge is 2.31. The normalized spacial score (nSPS) is 27.4. The fourth-order valence-corrected chi connectivity index (χ4v) is 4.62. The molecule has 0 radical (unpaired) electrons. The molecule has 0 saturated carbocycles. The summed E-state index contributed by atoms with van der Waals surface area (Å²) in [4.78, 5) is 3.82. The molecule has 0 bridgehead atoms. The first-order valence-corrected chi connectivity index (χ1v) is 8.44. The summed E-state index contributed by atoms with van der Waals surface area (Å²) in [6.45, 7) is 6.44. The molecule has 0 aliphatic carbocycles. The van der Waals surface area contributed by atoms with Crippen LogP contribution < -0.4 is 5.73 Å². The lowest BCUT2D eigenvalue weighted by Gasteiger charge is -2.42. The Balaban J connectivity index is 2.22. The number of nitrogens with zero attached hydrogens (tertiary/aromatic N) is 1. The van der Waals surface area contributed by atoms with Gasteiger partial charge in [0.15, 0.2) is 0 Å². The van der Waals surface area contributed by atoms with E-state index >= 15 is 0 Å². The highest BCUT2D eigenvalue weighted by Crippen LogP contribution is 2.39. The molecule has 1 aromatic rings. The number of rotatable bonds is 3. The van der Waals surface area contributed by atoms with E-state index in [1.165, 1.54) is 17.7 Å². The summed E-state index contributed by atoms with van der Waals surface area (Å²) in [7, 11) is 0. The van der Waals surface area contributed by atoms with Crippen LogP contribution in [0.1, 0.15) is 37.6 Å². The second kappa shape index (κ2) is 6.23. The van der Waals surface area contributed by atoms with Crippen molar-refractivity contribution in [2.75, 3.05) is 13.1 Å². The molecule has 2 nitrogen and oxygen atoms in total. The van der Waals surface area contributed by atoms with Gasteiger partial charge < -0.3 is 5.73 Å². The number of likely N-dealkylation sites (tertiary alicyclic amines) is 1. The van der Waals surface area contributed by atoms with E-state index in [2.05, 4.69) is 40.7 Å². The van der Waals surface area contributed by atoms with Gasteiger partial charge in [-0.2, -0.15) is 0 Å². The zero-order chi connectivity index (χ0) is 13.3. The lowest BCUT2D eigenvalue weighted by Crippen LogP contribution is -2.46. The zero-order valence-corrected chi connectivity index (χ0v) is 14.0. The fraction of sp³-hybridized carbons (Fsp3) is 0.692. The Morgan fingerprint density at radius 3 is 2.89 bits per heavy atom. The second-order valence-corrected chi connectivity index (χ2v) is 7.66. The van der Waals surface area contributed by atoms with Crippen LogP contribution in [0.5, 0.6) is 0 Å². The van der Waals surface area contributed by atoms with E-state index in [1.807, 2.05) is 0 Å². The van der Waals surface area contributed by atoms with Crippen LogP contribution in [0.3, 0.4) is 0 Å². The monoisotopic (exact) mass is 350 g/mol. The molecule has 3 atom stereocenters. The summed E-state index contributed by atoms with van der Waals surface area (Å²) in [6, 6.07) is 3.01. The molecule has 1 aliphatic heterocycles. The van der Waals surface area contributed by atoms with Crippen molar-refractivity contribution >= 4 is 38.9 Å². The van der Waals surface area contributed by atoms with Crippen LogP contribution in [0.4, 0.5) is 0 Å². The Kier molecular flexibility index (Phi) is 5.12. The number of piperidine rings is 1. The van der Waals surface area contributed by atoms with Gasteiger partial charge in [0.1, 0.15) is 4.34 Å². The molecule has 18 heavy (non-hydrogen) atoms. The third kappa shape index (κ3) is 2.93. The van der Waals surface area contributed by atoms with E-state index in [9.17, 15) is 0 Å². The Morgan fingerprint density at radius 1 is 1.61 bits per heavy atom. The van der Waals surface area contributed by atoms with Gasteiger partial charge in [-0.25, -0.2) is 0 Å². The quantitative estimate of drug-likeness (QED) is 0.880. The van der Waals surface area contributed by atoms with Gasteiger partial charge in [0.2, 0.25) is 0 Å². The first-order chi connectivity index (χ1) is 8.54. The third-order valence-corrected chi connectivity index (χ3v) is 6.61. The zero-order valence-electron chi connectivity index (χ0n) is 10.8. The maximum atomic E-state index is 6.15. The first kappa shape index (κ1) is 14.8. The van der Waals surface area contributed by atoms with E-state index in [1.54, 1.807) is 11.3 Å². The molecule has 1 aromatic heterocycles. The van der Waals surface area contributed by atoms with Crippen molar-refractivity contribution in [3.63, 3.8) is 0 Å². The molecule has 0 aromatic carbocycles. The van der Waals surface area contributed by atoms with E-state index in [0.717, 1.165) is 21.3 Å². The van der Waals surface area contributed by atoms with Crippen molar-refractivity contribution in [1.29, 1.82) is 0 Å². The lowest BCUT2D eigenvalue weighted by molar-refractivity contribution is 0.0724. The minimum Gasteiger partial charge on any atom is -0.329 e. The SMILES string of the molecule is CC1CCCN(C(CN)c2cc(Br)c(Cl)s2)C1C. The van der Waals surface area contributed by atoms with Crippen molar-refractivity contribution in [1.82, 2.24) is 4.90 Å². The van der Waals surface area contributed by atoms with Gasteiger partial charge in [0, 0.05) is 21.9 Å². The summed E-state index contributed by atoms with van der Waals surface area (Å²) in [5.74, 6) is 0.742. The van der Waals surface area contributed by atoms with Crippen LogP contribution in [0, 0.1) is 5.92 Å². The van der Waals surface area contributed by atoms with E-state index in [0.29, 0.717) is 18.6 Å². The Hall–Kier alpha value is 0.390. The molecule has 102 valence electrons. The van der Waals surface area contributed by atoms with E-state index in [-0.39, 0.29) is 0 Å². The van der Waals surface area contributed by atoms with Gasteiger partial charge in [0.25, 0.3) is 0 Å². The molecule has 2 rings (SSSR count). The summed E-state index contributed by atoms with van der Waals surface area (Å²) >= 11 is 11.3. The van der Waals surface area contributed by atoms with Gasteiger partial charge in [-0.3, -0.25) is 4.90 Å². The van der Waals surface area contributed by atoms with Crippen molar-refractivity contribution < 1.29 is 0 Å². The van der Waals surface area contributed by atoms with Crippen LogP contribution in [0.2, 0.25) is 4.34 Å². The smallest absolute Gasteiger partial charge is 0.107 e. The maximum absolute atomic E-state index is 6.15. The molecular weight excluding hydrogens is 332 g/mol. The average Bonchev–Trinajstić information content (AvgIpc) is 2.66. The molecule has 1 aliphatic rings. The van der Waals surface area contributed by atoms with Crippen LogP contribution >= 0.6 is 38.9 Å². The molecule has 1 saturated heterocycles. The van der Waals surface area contributed by atoms with Gasteiger partial charge in [0.05, 0.1) is 6.04 Å². The minimum atomic E-state index is 0.302. The molecule has 1 fully saturated rings. The third-order valence-electron chi connectivity index (χ3n) is 4.04. The largest absolute Gasteiger partial charge is 0.329 e. The van der Waals surface area contributed by atoms with Crippen molar-refractivity contribution in [3.8, 4) is 0 Å². The number of hydrogen-bond acceptors (Lipinski definition) is 3. The molecule has 2 N–H and O–H groups in total. The molecule has 0 amide bonds. The second-order valence-electron chi connectivity index (χ2n) is 5.12. The standard InChI is InChI=1S/C13H20BrClN2S/c1-8-4-3-5-17(9(8)2)11(7-16)12-6-10(14)13(15)18-12/h6,8-9,11H,3-5,7,16H2,1-2H3. The number of thiophene rings is 1. The van der Waals surface area contributed by atoms with E-state index in [4.69, 9.17) is 17.3 Å². The predicted octanol–water partition coefficient (Wildman–Crippen LogP) is 4.28. The summed E-state index contributed by atoms with van der Waals surface area (Å²) < 4.78 is 1.81. The number of halogens is 2. The summed E-state index contributed by atoms with van der Waals surface area (Å²) in [5, 5.41) is 0. The molecular formula is C13H20BrClN2S. The van der Waals surface area contributed by atoms with E-state index < -0.39 is 0 Å². The van der Waals surface area contributed by atoms with Crippen molar-refractivity contribution in [3.05, 3.63) is 19.8 Å². The van der Waals surface area contributed by atoms with Crippen LogP contribution in [-0.4, -0.2) is 24.0 Å². The first-order valence-electron chi connectivity index (χ1n) is 6.45. The highest BCUT2D eigenvalue weighted by atomic mass is 79.9. The highest BCUT2D eigenvalue weighted by molar-refractivity contribution is 9.10. The maximum Gasteiger partial charge on any atom is 0.107 e. The summed E-state index contributed by atoms with van der Waals surface area (Å²) in [5.41, 5.74) is 6.01. The Bertz CT molecular complexity index is 390. The van der Waals surface area contributed by atoms with Crippen LogP contribution in [-0.2, 0) is 0 Å². The minimum absolute atomic E-state index is 0.302. The molecule has 2 heterocycles. The lowest BCUT2D eigenvalue weighted by atomic mass is 9.90. The van der Waals surface area contributed by atoms with Crippen LogP contribution in [0.15, 0.2) is 10.5 Å².